The zero-order valence-corrected chi connectivity index (χ0v) is 15.6. The number of hydrogen-bond donors (Lipinski definition) is 3. The first kappa shape index (κ1) is 16.0. The van der Waals surface area contributed by atoms with Crippen LogP contribution < -0.4 is 9.80 Å². The van der Waals surface area contributed by atoms with E-state index in [-0.39, 0.29) is 11.9 Å². The summed E-state index contributed by atoms with van der Waals surface area (Å²) < 4.78 is 1.59. The number of aryl methyl sites for hydroxylation is 1. The van der Waals surface area contributed by atoms with Gasteiger partial charge in [0.1, 0.15) is 36.9 Å². The zero-order valence-electron chi connectivity index (χ0n) is 14.0. The van der Waals surface area contributed by atoms with Crippen molar-refractivity contribution in [3.05, 3.63) is 33.1 Å². The summed E-state index contributed by atoms with van der Waals surface area (Å²) in [6.07, 6.45) is 0. The van der Waals surface area contributed by atoms with E-state index in [1.807, 2.05) is 6.92 Å². The van der Waals surface area contributed by atoms with Crippen LogP contribution in [-0.2, 0) is 0 Å². The van der Waals surface area contributed by atoms with Crippen molar-refractivity contribution in [1.82, 2.24) is 14.6 Å². The zero-order chi connectivity index (χ0) is 16.7. The Kier molecular flexibility index (Phi) is 4.29. The van der Waals surface area contributed by atoms with Crippen molar-refractivity contribution in [2.24, 2.45) is 0 Å². The van der Waals surface area contributed by atoms with E-state index in [0.29, 0.717) is 5.82 Å². The van der Waals surface area contributed by atoms with Crippen LogP contribution in [0.4, 0.5) is 0 Å². The number of nitrogens with zero attached hydrogens (tertiary/aromatic N) is 3. The van der Waals surface area contributed by atoms with Gasteiger partial charge in [0.2, 0.25) is 10.8 Å². The third kappa shape index (κ3) is 2.73. The maximum absolute atomic E-state index is 10.8. The molecule has 0 bridgehead atoms. The van der Waals surface area contributed by atoms with Crippen molar-refractivity contribution < 1.29 is 14.9 Å². The summed E-state index contributed by atoms with van der Waals surface area (Å²) in [6, 6.07) is 4.46. The quantitative estimate of drug-likeness (QED) is 0.598. The predicted molar refractivity (Wildman–Crippen MR) is 95.4 cm³/mol. The van der Waals surface area contributed by atoms with Crippen LogP contribution in [0.1, 0.15) is 28.5 Å². The maximum atomic E-state index is 10.8. The Balaban J connectivity index is 1.72. The van der Waals surface area contributed by atoms with Gasteiger partial charge in [-0.1, -0.05) is 17.4 Å². The average molecular weight is 366 g/mol. The number of hydrogen-bond acceptors (Lipinski definition) is 5. The SMILES string of the molecule is CC[NH+]1CC[NH+]([C@@H](c2cccs2)c2sc3nc(C)nn3c2O)CC1. The van der Waals surface area contributed by atoms with Gasteiger partial charge in [-0.25, -0.2) is 4.98 Å². The Labute approximate surface area is 149 Å². The number of fused-ring (bicyclic) bond motifs is 1. The topological polar surface area (TPSA) is 59.3 Å². The molecule has 4 heterocycles. The first-order valence-electron chi connectivity index (χ1n) is 8.44. The molecule has 6 nitrogen and oxygen atoms in total. The second-order valence-electron chi connectivity index (χ2n) is 6.35. The molecule has 3 aromatic heterocycles. The lowest BCUT2D eigenvalue weighted by molar-refractivity contribution is -1.02. The minimum absolute atomic E-state index is 0.178. The van der Waals surface area contributed by atoms with Crippen molar-refractivity contribution >= 4 is 27.6 Å². The van der Waals surface area contributed by atoms with Crippen LogP contribution in [-0.4, -0.2) is 52.4 Å². The minimum Gasteiger partial charge on any atom is -0.492 e. The first-order chi connectivity index (χ1) is 11.7. The summed E-state index contributed by atoms with van der Waals surface area (Å²) in [4.78, 5) is 10.7. The van der Waals surface area contributed by atoms with Gasteiger partial charge in [-0.05, 0) is 25.3 Å². The van der Waals surface area contributed by atoms with Crippen molar-refractivity contribution in [1.29, 1.82) is 0 Å². The van der Waals surface area contributed by atoms with Crippen molar-refractivity contribution in [3.63, 3.8) is 0 Å². The molecular formula is C16H23N5OS2+2. The summed E-state index contributed by atoms with van der Waals surface area (Å²) in [5.41, 5.74) is 0. The van der Waals surface area contributed by atoms with Crippen LogP contribution in [0.15, 0.2) is 17.5 Å². The van der Waals surface area contributed by atoms with Crippen LogP contribution in [0.5, 0.6) is 5.88 Å². The molecule has 8 heteroatoms. The van der Waals surface area contributed by atoms with E-state index < -0.39 is 0 Å². The highest BCUT2D eigenvalue weighted by Crippen LogP contribution is 2.36. The molecule has 1 aliphatic heterocycles. The molecule has 0 radical (unpaired) electrons. The number of aromatic hydroxyl groups is 1. The van der Waals surface area contributed by atoms with Crippen molar-refractivity contribution in [2.45, 2.75) is 19.9 Å². The van der Waals surface area contributed by atoms with Crippen LogP contribution >= 0.6 is 22.7 Å². The minimum atomic E-state index is 0.178. The Hall–Kier alpha value is -1.48. The molecule has 0 amide bonds. The largest absolute Gasteiger partial charge is 0.492 e. The second kappa shape index (κ2) is 6.44. The molecule has 1 aliphatic rings. The summed E-state index contributed by atoms with van der Waals surface area (Å²) in [7, 11) is 0. The van der Waals surface area contributed by atoms with Crippen LogP contribution in [0.3, 0.4) is 0 Å². The standard InChI is InChI=1S/C16H21N5OS2/c1-3-19-6-8-20(9-7-19)13(12-5-4-10-23-12)14-15(22)21-16(24-14)17-11(2)18-21/h4-5,10,13,22H,3,6-9H2,1-2H3/p+2/t13-/m0/s1. The fourth-order valence-corrected chi connectivity index (χ4v) is 5.72. The molecule has 0 spiro atoms. The molecule has 128 valence electrons. The second-order valence-corrected chi connectivity index (χ2v) is 8.34. The third-order valence-corrected chi connectivity index (χ3v) is 6.93. The molecule has 3 N–H and O–H groups in total. The van der Waals surface area contributed by atoms with Crippen LogP contribution in [0.2, 0.25) is 0 Å². The lowest BCUT2D eigenvalue weighted by Crippen LogP contribution is -3.28. The molecule has 24 heavy (non-hydrogen) atoms. The molecule has 1 fully saturated rings. The summed E-state index contributed by atoms with van der Waals surface area (Å²) in [5.74, 6) is 0.954. The third-order valence-electron chi connectivity index (χ3n) is 4.90. The van der Waals surface area contributed by atoms with E-state index in [1.54, 1.807) is 32.1 Å². The number of rotatable bonds is 4. The first-order valence-corrected chi connectivity index (χ1v) is 10.1. The lowest BCUT2D eigenvalue weighted by atomic mass is 10.1. The number of likely N-dealkylation sites (N-methyl/N-ethyl adjacent to an activating group) is 1. The van der Waals surface area contributed by atoms with Gasteiger partial charge in [0.15, 0.2) is 6.04 Å². The van der Waals surface area contributed by atoms with Gasteiger partial charge in [-0.2, -0.15) is 4.52 Å². The fourth-order valence-electron chi connectivity index (χ4n) is 3.57. The van der Waals surface area contributed by atoms with Crippen LogP contribution in [0, 0.1) is 6.92 Å². The number of quaternary nitrogens is 2. The van der Waals surface area contributed by atoms with Crippen molar-refractivity contribution in [3.8, 4) is 5.88 Å². The monoisotopic (exact) mass is 365 g/mol. The highest BCUT2D eigenvalue weighted by atomic mass is 32.1. The number of nitrogens with one attached hydrogen (secondary N) is 2. The summed E-state index contributed by atoms with van der Waals surface area (Å²) >= 11 is 3.34. The van der Waals surface area contributed by atoms with Gasteiger partial charge >= 0.3 is 0 Å². The normalized spacial score (nSPS) is 22.9. The molecular weight excluding hydrogens is 342 g/mol. The number of aromatic nitrogens is 3. The Morgan fingerprint density at radius 1 is 1.33 bits per heavy atom. The number of piperazine rings is 1. The van der Waals surface area contributed by atoms with Gasteiger partial charge in [0, 0.05) is 0 Å². The number of thiophene rings is 1. The Bertz CT molecular complexity index is 817. The molecule has 1 atom stereocenters. The highest BCUT2D eigenvalue weighted by molar-refractivity contribution is 7.17. The lowest BCUT2D eigenvalue weighted by Gasteiger charge is -2.33. The van der Waals surface area contributed by atoms with Gasteiger partial charge in [-0.3, -0.25) is 0 Å². The van der Waals surface area contributed by atoms with E-state index in [9.17, 15) is 5.11 Å². The Morgan fingerprint density at radius 2 is 2.12 bits per heavy atom. The molecule has 1 saturated heterocycles. The van der Waals surface area contributed by atoms with E-state index in [1.165, 1.54) is 29.4 Å². The predicted octanol–water partition coefficient (Wildman–Crippen LogP) is -0.241. The van der Waals surface area contributed by atoms with E-state index >= 15 is 0 Å². The molecule has 0 unspecified atom stereocenters. The van der Waals surface area contributed by atoms with Gasteiger partial charge in [0.25, 0.3) is 0 Å². The Morgan fingerprint density at radius 3 is 2.75 bits per heavy atom. The van der Waals surface area contributed by atoms with E-state index in [0.717, 1.165) is 22.9 Å². The number of thiazole rings is 1. The van der Waals surface area contributed by atoms with E-state index in [2.05, 4.69) is 34.5 Å². The smallest absolute Gasteiger partial charge is 0.235 e. The van der Waals surface area contributed by atoms with Crippen molar-refractivity contribution in [2.75, 3.05) is 32.7 Å². The molecule has 0 aromatic carbocycles. The van der Waals surface area contributed by atoms with Gasteiger partial charge in [-0.15, -0.1) is 16.4 Å². The summed E-state index contributed by atoms with van der Waals surface area (Å²) in [6.45, 7) is 9.93. The fraction of sp³-hybridized carbons (Fsp3) is 0.500. The van der Waals surface area contributed by atoms with Gasteiger partial charge < -0.3 is 14.9 Å². The highest BCUT2D eigenvalue weighted by Gasteiger charge is 2.36. The van der Waals surface area contributed by atoms with E-state index in [4.69, 9.17) is 0 Å². The van der Waals surface area contributed by atoms with Gasteiger partial charge in [0.05, 0.1) is 11.4 Å². The molecule has 3 aromatic rings. The molecule has 0 aliphatic carbocycles. The maximum Gasteiger partial charge on any atom is 0.235 e. The molecule has 4 rings (SSSR count). The molecule has 0 saturated carbocycles. The average Bonchev–Trinajstić information content (AvgIpc) is 3.29. The summed E-state index contributed by atoms with van der Waals surface area (Å²) in [5, 5.41) is 17.2. The van der Waals surface area contributed by atoms with Crippen LogP contribution in [0.25, 0.3) is 4.96 Å².